The topological polar surface area (TPSA) is 75.6 Å². The Labute approximate surface area is 243 Å². The molecule has 0 bridgehead atoms. The predicted octanol–water partition coefficient (Wildman–Crippen LogP) is 8.20. The van der Waals surface area contributed by atoms with Crippen molar-refractivity contribution in [2.45, 2.75) is 145 Å². The number of allylic oxidation sites excluding steroid dienone is 2. The Morgan fingerprint density at radius 2 is 1.55 bits per heavy atom. The molecule has 40 heavy (non-hydrogen) atoms. The number of ether oxygens (including phenoxy) is 1. The minimum atomic E-state index is -1.30. The van der Waals surface area contributed by atoms with Crippen molar-refractivity contribution in [2.75, 3.05) is 0 Å². The average Bonchev–Trinajstić information content (AvgIpc) is 3.06. The maximum absolute atomic E-state index is 13.3. The number of hydrogen-bond acceptors (Lipinski definition) is 4. The molecule has 4 fully saturated rings. The third-order valence-corrected chi connectivity index (χ3v) is 13.7. The highest BCUT2D eigenvalue weighted by molar-refractivity contribution is 6.00. The van der Waals surface area contributed by atoms with E-state index in [-0.39, 0.29) is 21.7 Å². The SMILES string of the molecule is CC(C)C1=C2[C@H]3CC[C@@H]4[C@@]5(C)CC[C@@](O)(NC(=O)OC(C)(C)C)C(C)(C)[C@@H]5CC[C@@]4(C)[C@]3(C)CC[C@@]2(C)CC1=O. The number of rotatable bonds is 2. The van der Waals surface area contributed by atoms with Crippen LogP contribution < -0.4 is 5.32 Å². The fraction of sp³-hybridized carbons (Fsp3) is 0.886. The summed E-state index contributed by atoms with van der Waals surface area (Å²) in [6.45, 7) is 24.4. The molecule has 5 aliphatic carbocycles. The van der Waals surface area contributed by atoms with Crippen LogP contribution in [0.3, 0.4) is 0 Å². The number of carbonyl (C=O) groups is 2. The summed E-state index contributed by atoms with van der Waals surface area (Å²) in [5.74, 6) is 2.03. The number of Topliss-reactive ketones (excluding diaryl/α,β-unsaturated/α-hetero) is 1. The summed E-state index contributed by atoms with van der Waals surface area (Å²) in [5, 5.41) is 14.9. The van der Waals surface area contributed by atoms with Crippen molar-refractivity contribution >= 4 is 11.9 Å². The van der Waals surface area contributed by atoms with Crippen LogP contribution in [0.5, 0.6) is 0 Å². The number of hydrogen-bond donors (Lipinski definition) is 2. The lowest BCUT2D eigenvalue weighted by Crippen LogP contribution is -2.71. The molecule has 0 aromatic carbocycles. The van der Waals surface area contributed by atoms with Crippen molar-refractivity contribution in [3.63, 3.8) is 0 Å². The number of ketones is 1. The van der Waals surface area contributed by atoms with Crippen molar-refractivity contribution in [1.29, 1.82) is 0 Å². The molecule has 5 heteroatoms. The summed E-state index contributed by atoms with van der Waals surface area (Å²) in [7, 11) is 0. The van der Waals surface area contributed by atoms with Crippen molar-refractivity contribution in [1.82, 2.24) is 5.32 Å². The molecule has 2 N–H and O–H groups in total. The van der Waals surface area contributed by atoms with E-state index in [4.69, 9.17) is 4.74 Å². The molecule has 0 saturated heterocycles. The van der Waals surface area contributed by atoms with Crippen molar-refractivity contribution in [3.05, 3.63) is 11.1 Å². The summed E-state index contributed by atoms with van der Waals surface area (Å²) in [4.78, 5) is 26.2. The minimum Gasteiger partial charge on any atom is -0.444 e. The van der Waals surface area contributed by atoms with Gasteiger partial charge in [-0.05, 0) is 123 Å². The van der Waals surface area contributed by atoms with Crippen LogP contribution in [0.25, 0.3) is 0 Å². The predicted molar refractivity (Wildman–Crippen MR) is 159 cm³/mol. The van der Waals surface area contributed by atoms with Gasteiger partial charge in [0.2, 0.25) is 0 Å². The van der Waals surface area contributed by atoms with Gasteiger partial charge in [-0.3, -0.25) is 10.1 Å². The van der Waals surface area contributed by atoms with Gasteiger partial charge in [0.1, 0.15) is 11.3 Å². The van der Waals surface area contributed by atoms with E-state index in [1.165, 1.54) is 18.4 Å². The summed E-state index contributed by atoms with van der Waals surface area (Å²) in [6, 6.07) is 0. The lowest BCUT2D eigenvalue weighted by molar-refractivity contribution is -0.257. The molecule has 0 radical (unpaired) electrons. The molecular weight excluding hydrogens is 498 g/mol. The summed E-state index contributed by atoms with van der Waals surface area (Å²) in [5.41, 5.74) is 0.748. The quantitative estimate of drug-likeness (QED) is 0.337. The summed E-state index contributed by atoms with van der Waals surface area (Å²) in [6.07, 6.45) is 8.42. The maximum atomic E-state index is 13.3. The highest BCUT2D eigenvalue weighted by atomic mass is 16.6. The van der Waals surface area contributed by atoms with Gasteiger partial charge in [-0.1, -0.05) is 61.0 Å². The number of aliphatic hydroxyl groups is 1. The fourth-order valence-corrected chi connectivity index (χ4v) is 11.5. The van der Waals surface area contributed by atoms with E-state index in [1.54, 1.807) is 0 Å². The zero-order valence-corrected chi connectivity index (χ0v) is 27.3. The summed E-state index contributed by atoms with van der Waals surface area (Å²) < 4.78 is 5.57. The van der Waals surface area contributed by atoms with Gasteiger partial charge in [-0.15, -0.1) is 0 Å². The Morgan fingerprint density at radius 3 is 2.15 bits per heavy atom. The second-order valence-corrected chi connectivity index (χ2v) is 17.5. The number of carbonyl (C=O) groups excluding carboxylic acids is 2. The van der Waals surface area contributed by atoms with E-state index < -0.39 is 22.8 Å². The normalized spacial score (nSPS) is 46.3. The molecule has 0 aromatic heterocycles. The molecule has 0 aliphatic heterocycles. The van der Waals surface area contributed by atoms with Gasteiger partial charge in [0.25, 0.3) is 0 Å². The highest BCUT2D eigenvalue weighted by Gasteiger charge is 2.71. The van der Waals surface area contributed by atoms with Crippen molar-refractivity contribution in [2.24, 2.45) is 50.7 Å². The smallest absolute Gasteiger partial charge is 0.409 e. The van der Waals surface area contributed by atoms with Gasteiger partial charge in [-0.2, -0.15) is 0 Å². The first-order valence-corrected chi connectivity index (χ1v) is 16.2. The first kappa shape index (κ1) is 30.1. The van der Waals surface area contributed by atoms with Crippen molar-refractivity contribution in [3.8, 4) is 0 Å². The van der Waals surface area contributed by atoms with E-state index in [0.717, 1.165) is 37.7 Å². The number of nitrogens with one attached hydrogen (secondary N) is 1. The van der Waals surface area contributed by atoms with Gasteiger partial charge in [-0.25, -0.2) is 4.79 Å². The Hall–Kier alpha value is -1.36. The Morgan fingerprint density at radius 1 is 0.900 bits per heavy atom. The van der Waals surface area contributed by atoms with E-state index in [0.29, 0.717) is 42.3 Å². The van der Waals surface area contributed by atoms with Gasteiger partial charge < -0.3 is 9.84 Å². The molecule has 0 unspecified atom stereocenters. The first-order valence-electron chi connectivity index (χ1n) is 16.2. The third kappa shape index (κ3) is 3.94. The minimum absolute atomic E-state index is 0.0435. The Balaban J connectivity index is 1.49. The van der Waals surface area contributed by atoms with Crippen LogP contribution in [0.4, 0.5) is 4.79 Å². The van der Waals surface area contributed by atoms with Crippen LogP contribution in [-0.2, 0) is 9.53 Å². The van der Waals surface area contributed by atoms with E-state index in [1.807, 2.05) is 20.8 Å². The summed E-state index contributed by atoms with van der Waals surface area (Å²) >= 11 is 0. The lowest BCUT2D eigenvalue weighted by atomic mass is 9.32. The van der Waals surface area contributed by atoms with Crippen LogP contribution in [0.1, 0.15) is 134 Å². The molecule has 5 rings (SSSR count). The second-order valence-electron chi connectivity index (χ2n) is 17.5. The second kappa shape index (κ2) is 8.83. The van der Waals surface area contributed by atoms with E-state index in [9.17, 15) is 14.7 Å². The van der Waals surface area contributed by atoms with Crippen LogP contribution in [0.15, 0.2) is 11.1 Å². The molecule has 0 aromatic rings. The maximum Gasteiger partial charge on any atom is 0.409 e. The Kier molecular flexibility index (Phi) is 6.65. The average molecular weight is 556 g/mol. The third-order valence-electron chi connectivity index (χ3n) is 13.7. The Bertz CT molecular complexity index is 1130. The van der Waals surface area contributed by atoms with Crippen molar-refractivity contribution < 1.29 is 19.4 Å². The zero-order valence-electron chi connectivity index (χ0n) is 27.3. The molecule has 5 nitrogen and oxygen atoms in total. The number of alkyl carbamates (subject to hydrolysis) is 1. The van der Waals surface area contributed by atoms with Gasteiger partial charge in [0.15, 0.2) is 5.78 Å². The largest absolute Gasteiger partial charge is 0.444 e. The number of amides is 1. The molecule has 0 spiro atoms. The van der Waals surface area contributed by atoms with Gasteiger partial charge >= 0.3 is 6.09 Å². The molecule has 8 atom stereocenters. The lowest BCUT2D eigenvalue weighted by Gasteiger charge is -2.72. The molecule has 1 amide bonds. The molecular formula is C35H57NO4. The standard InChI is InChI=1S/C35H57NO4/c1-21(2)26-23(37)20-31(8)16-18-33(10)22(27(26)31)12-13-25-32(9)17-19-35(39,36-28(38)40-29(3,4)5)30(6,7)24(32)14-15-34(25,33)11/h21-22,24-25,39H,12-20H2,1-11H3,(H,36,38)/t22-,24+,25-,31+,32+,33-,34-,35+/m1/s1. The molecule has 5 aliphatic rings. The first-order chi connectivity index (χ1) is 18.2. The van der Waals surface area contributed by atoms with Crippen LogP contribution in [0, 0.1) is 50.7 Å². The molecule has 226 valence electrons. The van der Waals surface area contributed by atoms with Crippen LogP contribution >= 0.6 is 0 Å². The molecule has 0 heterocycles. The van der Waals surface area contributed by atoms with Crippen LogP contribution in [0.2, 0.25) is 0 Å². The van der Waals surface area contributed by atoms with E-state index >= 15 is 0 Å². The van der Waals surface area contributed by atoms with Crippen LogP contribution in [-0.4, -0.2) is 28.3 Å². The van der Waals surface area contributed by atoms with Gasteiger partial charge in [0.05, 0.1) is 0 Å². The fourth-order valence-electron chi connectivity index (χ4n) is 11.5. The van der Waals surface area contributed by atoms with Gasteiger partial charge in [0, 0.05) is 11.8 Å². The highest BCUT2D eigenvalue weighted by Crippen LogP contribution is 2.77. The monoisotopic (exact) mass is 555 g/mol. The number of fused-ring (bicyclic) bond motifs is 7. The zero-order chi connectivity index (χ0) is 29.9. The van der Waals surface area contributed by atoms with E-state index in [2.05, 4.69) is 60.7 Å². The molecule has 4 saturated carbocycles.